The topological polar surface area (TPSA) is 29.9 Å². The van der Waals surface area contributed by atoms with Crippen molar-refractivity contribution in [2.45, 2.75) is 46.2 Å². The maximum Gasteiger partial charge on any atom is 0.140 e. The lowest BCUT2D eigenvalue weighted by Crippen LogP contribution is -2.14. The average Bonchev–Trinajstić information content (AvgIpc) is 2.81. The van der Waals surface area contributed by atoms with Gasteiger partial charge < -0.3 is 9.88 Å². The van der Waals surface area contributed by atoms with Crippen LogP contribution in [0.2, 0.25) is 0 Å². The van der Waals surface area contributed by atoms with Crippen LogP contribution in [0, 0.1) is 13.8 Å². The highest BCUT2D eigenvalue weighted by Gasteiger charge is 2.21. The van der Waals surface area contributed by atoms with Gasteiger partial charge in [-0.15, -0.1) is 0 Å². The molecule has 0 unspecified atom stereocenters. The molecule has 0 spiro atoms. The first kappa shape index (κ1) is 13.4. The number of fused-ring (bicyclic) bond motifs is 1. The van der Waals surface area contributed by atoms with Gasteiger partial charge in [0, 0.05) is 24.3 Å². The summed E-state index contributed by atoms with van der Waals surface area (Å²) in [5.74, 6) is 1.16. The molecule has 0 radical (unpaired) electrons. The van der Waals surface area contributed by atoms with Gasteiger partial charge in [0.05, 0.1) is 5.69 Å². The summed E-state index contributed by atoms with van der Waals surface area (Å²) < 4.78 is 2.44. The monoisotopic (exact) mass is 269 g/mol. The molecule has 1 aliphatic rings. The summed E-state index contributed by atoms with van der Waals surface area (Å²) in [6, 6.07) is 6.64. The second-order valence-corrected chi connectivity index (χ2v) is 5.79. The molecule has 1 aromatic heterocycles. The quantitative estimate of drug-likeness (QED) is 0.927. The third-order valence-corrected chi connectivity index (χ3v) is 4.18. The third-order valence-electron chi connectivity index (χ3n) is 4.18. The fraction of sp³-hybridized carbons (Fsp3) is 0.471. The SMILES string of the molecule is CNCc1nc(-c2cc(C)ccc2C)n2c1CCCC2. The molecule has 106 valence electrons. The van der Waals surface area contributed by atoms with Crippen LogP contribution in [0.1, 0.15) is 35.4 Å². The minimum atomic E-state index is 0.861. The van der Waals surface area contributed by atoms with E-state index in [9.17, 15) is 0 Å². The molecular formula is C17H23N3. The Bertz CT molecular complexity index is 625. The molecule has 0 fully saturated rings. The zero-order chi connectivity index (χ0) is 14.1. The van der Waals surface area contributed by atoms with Gasteiger partial charge in [-0.05, 0) is 51.8 Å². The summed E-state index contributed by atoms with van der Waals surface area (Å²) in [7, 11) is 1.99. The van der Waals surface area contributed by atoms with Crippen molar-refractivity contribution in [1.29, 1.82) is 0 Å². The van der Waals surface area contributed by atoms with Gasteiger partial charge in [0.2, 0.25) is 0 Å². The van der Waals surface area contributed by atoms with Crippen molar-refractivity contribution in [1.82, 2.24) is 14.9 Å². The largest absolute Gasteiger partial charge is 0.328 e. The number of aromatic nitrogens is 2. The lowest BCUT2D eigenvalue weighted by Gasteiger charge is -2.18. The minimum absolute atomic E-state index is 0.861. The Morgan fingerprint density at radius 1 is 1.25 bits per heavy atom. The van der Waals surface area contributed by atoms with Crippen molar-refractivity contribution in [3.63, 3.8) is 0 Å². The summed E-state index contributed by atoms with van der Waals surface area (Å²) in [6.45, 7) is 6.30. The van der Waals surface area contributed by atoms with E-state index in [2.05, 4.69) is 41.9 Å². The smallest absolute Gasteiger partial charge is 0.140 e. The van der Waals surface area contributed by atoms with Crippen LogP contribution in [0.4, 0.5) is 0 Å². The van der Waals surface area contributed by atoms with Crippen LogP contribution in [0.5, 0.6) is 0 Å². The summed E-state index contributed by atoms with van der Waals surface area (Å²) >= 11 is 0. The van der Waals surface area contributed by atoms with E-state index in [0.29, 0.717) is 0 Å². The molecule has 3 heteroatoms. The van der Waals surface area contributed by atoms with E-state index >= 15 is 0 Å². The molecule has 1 aromatic carbocycles. The third kappa shape index (κ3) is 2.27. The van der Waals surface area contributed by atoms with Crippen molar-refractivity contribution in [3.8, 4) is 11.4 Å². The molecule has 0 saturated carbocycles. The molecule has 1 N–H and O–H groups in total. The molecule has 0 amide bonds. The van der Waals surface area contributed by atoms with E-state index < -0.39 is 0 Å². The number of nitrogens with one attached hydrogen (secondary N) is 1. The molecule has 20 heavy (non-hydrogen) atoms. The summed E-state index contributed by atoms with van der Waals surface area (Å²) in [6.07, 6.45) is 3.71. The maximum atomic E-state index is 4.95. The van der Waals surface area contributed by atoms with Crippen molar-refractivity contribution in [2.24, 2.45) is 0 Å². The molecular weight excluding hydrogens is 246 g/mol. The Hall–Kier alpha value is -1.61. The standard InChI is InChI=1S/C17H23N3/c1-12-7-8-13(2)14(10-12)17-19-15(11-18-3)16-6-4-5-9-20(16)17/h7-8,10,18H,4-6,9,11H2,1-3H3. The molecule has 0 atom stereocenters. The molecule has 1 aliphatic heterocycles. The van der Waals surface area contributed by atoms with E-state index in [-0.39, 0.29) is 0 Å². The second-order valence-electron chi connectivity index (χ2n) is 5.79. The van der Waals surface area contributed by atoms with Crippen LogP contribution in [-0.2, 0) is 19.5 Å². The van der Waals surface area contributed by atoms with E-state index in [1.807, 2.05) is 7.05 Å². The summed E-state index contributed by atoms with van der Waals surface area (Å²) in [4.78, 5) is 4.95. The van der Waals surface area contributed by atoms with E-state index in [1.165, 1.54) is 40.9 Å². The number of hydrogen-bond donors (Lipinski definition) is 1. The van der Waals surface area contributed by atoms with Gasteiger partial charge in [-0.25, -0.2) is 4.98 Å². The fourth-order valence-electron chi connectivity index (χ4n) is 3.11. The first-order valence-corrected chi connectivity index (χ1v) is 7.51. The van der Waals surface area contributed by atoms with Gasteiger partial charge in [0.15, 0.2) is 0 Å². The number of nitrogens with zero attached hydrogens (tertiary/aromatic N) is 2. The number of rotatable bonds is 3. The van der Waals surface area contributed by atoms with Gasteiger partial charge >= 0.3 is 0 Å². The van der Waals surface area contributed by atoms with Crippen LogP contribution < -0.4 is 5.32 Å². The average molecular weight is 269 g/mol. The number of benzene rings is 1. The highest BCUT2D eigenvalue weighted by atomic mass is 15.1. The lowest BCUT2D eigenvalue weighted by molar-refractivity contribution is 0.531. The maximum absolute atomic E-state index is 4.95. The van der Waals surface area contributed by atoms with Gasteiger partial charge in [-0.1, -0.05) is 17.7 Å². The van der Waals surface area contributed by atoms with Crippen LogP contribution in [-0.4, -0.2) is 16.6 Å². The van der Waals surface area contributed by atoms with E-state index in [4.69, 9.17) is 4.98 Å². The molecule has 0 bridgehead atoms. The molecule has 0 aliphatic carbocycles. The zero-order valence-corrected chi connectivity index (χ0v) is 12.7. The second kappa shape index (κ2) is 5.41. The summed E-state index contributed by atoms with van der Waals surface area (Å²) in [5, 5.41) is 3.25. The minimum Gasteiger partial charge on any atom is -0.328 e. The van der Waals surface area contributed by atoms with Crippen LogP contribution in [0.15, 0.2) is 18.2 Å². The van der Waals surface area contributed by atoms with Crippen molar-refractivity contribution in [2.75, 3.05) is 7.05 Å². The van der Waals surface area contributed by atoms with Crippen LogP contribution in [0.25, 0.3) is 11.4 Å². The normalized spacial score (nSPS) is 14.3. The van der Waals surface area contributed by atoms with Crippen molar-refractivity contribution < 1.29 is 0 Å². The van der Waals surface area contributed by atoms with Gasteiger partial charge in [-0.2, -0.15) is 0 Å². The van der Waals surface area contributed by atoms with E-state index in [1.54, 1.807) is 0 Å². The Kier molecular flexibility index (Phi) is 3.62. The number of hydrogen-bond acceptors (Lipinski definition) is 2. The molecule has 2 heterocycles. The first-order chi connectivity index (χ1) is 9.70. The zero-order valence-electron chi connectivity index (χ0n) is 12.7. The molecule has 3 nitrogen and oxygen atoms in total. The Labute approximate surface area is 121 Å². The Morgan fingerprint density at radius 2 is 2.10 bits per heavy atom. The van der Waals surface area contributed by atoms with Crippen molar-refractivity contribution in [3.05, 3.63) is 40.7 Å². The number of imidazole rings is 1. The first-order valence-electron chi connectivity index (χ1n) is 7.51. The van der Waals surface area contributed by atoms with Gasteiger partial charge in [-0.3, -0.25) is 0 Å². The molecule has 0 saturated heterocycles. The van der Waals surface area contributed by atoms with Gasteiger partial charge in [0.25, 0.3) is 0 Å². The predicted octanol–water partition coefficient (Wildman–Crippen LogP) is 3.22. The van der Waals surface area contributed by atoms with Gasteiger partial charge in [0.1, 0.15) is 5.82 Å². The van der Waals surface area contributed by atoms with Crippen LogP contribution in [0.3, 0.4) is 0 Å². The van der Waals surface area contributed by atoms with Crippen LogP contribution >= 0.6 is 0 Å². The molecule has 2 aromatic rings. The Morgan fingerprint density at radius 3 is 2.90 bits per heavy atom. The summed E-state index contributed by atoms with van der Waals surface area (Å²) in [5.41, 5.74) is 6.55. The van der Waals surface area contributed by atoms with Crippen molar-refractivity contribution >= 4 is 0 Å². The lowest BCUT2D eigenvalue weighted by atomic mass is 10.0. The Balaban J connectivity index is 2.15. The number of aryl methyl sites for hydroxylation is 2. The highest BCUT2D eigenvalue weighted by molar-refractivity contribution is 5.63. The fourth-order valence-corrected chi connectivity index (χ4v) is 3.11. The highest BCUT2D eigenvalue weighted by Crippen LogP contribution is 2.30. The molecule has 3 rings (SSSR count). The van der Waals surface area contributed by atoms with E-state index in [0.717, 1.165) is 25.3 Å². The predicted molar refractivity (Wildman–Crippen MR) is 82.8 cm³/mol.